The van der Waals surface area contributed by atoms with Gasteiger partial charge in [-0.25, -0.2) is 0 Å². The van der Waals surface area contributed by atoms with Gasteiger partial charge in [0.05, 0.1) is 11.4 Å². The van der Waals surface area contributed by atoms with Crippen molar-refractivity contribution >= 4 is 44.8 Å². The van der Waals surface area contributed by atoms with Crippen molar-refractivity contribution < 1.29 is 0 Å². The summed E-state index contributed by atoms with van der Waals surface area (Å²) in [4.78, 5) is 4.87. The van der Waals surface area contributed by atoms with E-state index in [1.165, 1.54) is 60.5 Å². The average Bonchev–Trinajstić information content (AvgIpc) is 3.23. The van der Waals surface area contributed by atoms with Crippen LogP contribution in [0.5, 0.6) is 0 Å². The van der Waals surface area contributed by atoms with Gasteiger partial charge in [0.15, 0.2) is 0 Å². The highest BCUT2D eigenvalue weighted by Crippen LogP contribution is 2.44. The molecule has 2 nitrogen and oxygen atoms in total. The third kappa shape index (κ3) is 6.51. The molecule has 0 aromatic heterocycles. The number of rotatable bonds is 8. The molecule has 2 heteroatoms. The molecular formula is C51H36N2. The van der Waals surface area contributed by atoms with Gasteiger partial charge in [0.1, 0.15) is 0 Å². The molecule has 250 valence electrons. The Morgan fingerprint density at radius 3 is 1.43 bits per heavy atom. The first-order valence-electron chi connectivity index (χ1n) is 18.0. The fourth-order valence-corrected chi connectivity index (χ4v) is 7.32. The first kappa shape index (κ1) is 31.9. The second kappa shape index (κ2) is 14.3. The average molecular weight is 677 g/mol. The summed E-state index contributed by atoms with van der Waals surface area (Å²) in [7, 11) is 0. The smallest absolute Gasteiger partial charge is 0.0864 e. The Labute approximate surface area is 310 Å². The minimum atomic E-state index is 0.883. The molecule has 0 atom stereocenters. The zero-order valence-electron chi connectivity index (χ0n) is 29.2. The quantitative estimate of drug-likeness (QED) is 0.126. The maximum atomic E-state index is 4.87. The minimum Gasteiger partial charge on any atom is -0.354 e. The predicted octanol–water partition coefficient (Wildman–Crippen LogP) is 14.2. The van der Waals surface area contributed by atoms with Gasteiger partial charge in [0, 0.05) is 11.9 Å². The van der Waals surface area contributed by atoms with Crippen molar-refractivity contribution in [2.45, 2.75) is 0 Å². The largest absolute Gasteiger partial charge is 0.354 e. The van der Waals surface area contributed by atoms with E-state index in [1.807, 2.05) is 30.5 Å². The Balaban J connectivity index is 1.04. The number of nitrogens with one attached hydrogen (secondary N) is 1. The summed E-state index contributed by atoms with van der Waals surface area (Å²) in [5, 5.41) is 8.63. The normalized spacial score (nSPS) is 11.3. The van der Waals surface area contributed by atoms with E-state index in [4.69, 9.17) is 4.99 Å². The lowest BCUT2D eigenvalue weighted by atomic mass is 9.85. The lowest BCUT2D eigenvalue weighted by Gasteiger charge is -2.18. The van der Waals surface area contributed by atoms with Crippen LogP contribution in [0.4, 0.5) is 17.1 Å². The Morgan fingerprint density at radius 2 is 0.792 bits per heavy atom. The Morgan fingerprint density at radius 1 is 0.340 bits per heavy atom. The summed E-state index contributed by atoms with van der Waals surface area (Å²) in [6, 6.07) is 73.1. The SMILES string of the molecule is C(=Nc1ccccc1Nc1ccc(-c2ccc3c(-c4ccccc4)c4ccccc4c(-c4ccccc4)c3c2)cc1)c1ccc(-c2ccccc2)cc1. The van der Waals surface area contributed by atoms with Crippen molar-refractivity contribution in [2.75, 3.05) is 5.32 Å². The predicted molar refractivity (Wildman–Crippen MR) is 227 cm³/mol. The van der Waals surface area contributed by atoms with Gasteiger partial charge in [0.2, 0.25) is 0 Å². The van der Waals surface area contributed by atoms with Crippen LogP contribution >= 0.6 is 0 Å². The van der Waals surface area contributed by atoms with Crippen LogP contribution < -0.4 is 5.32 Å². The van der Waals surface area contributed by atoms with Crippen molar-refractivity contribution in [1.82, 2.24) is 0 Å². The number of anilines is 2. The standard InChI is InChI=1S/C51H36N2/c1-4-14-37(15-5-1)38-26-24-36(25-27-38)35-52-48-22-12-13-23-49(48)53-43-31-28-39(29-32-43)42-30-33-46-47(34-42)51(41-18-8-3-9-19-41)45-21-11-10-20-44(45)50(46)40-16-6-2-7-17-40/h1-35,53H. The number of fused-ring (bicyclic) bond motifs is 2. The Hall–Kier alpha value is -7.03. The number of hydrogen-bond donors (Lipinski definition) is 1. The van der Waals surface area contributed by atoms with E-state index in [0.717, 1.165) is 28.2 Å². The monoisotopic (exact) mass is 676 g/mol. The van der Waals surface area contributed by atoms with Gasteiger partial charge in [-0.1, -0.05) is 176 Å². The molecular weight excluding hydrogens is 641 g/mol. The summed E-state index contributed by atoms with van der Waals surface area (Å²) < 4.78 is 0. The molecule has 0 aliphatic rings. The van der Waals surface area contributed by atoms with Crippen molar-refractivity contribution in [3.05, 3.63) is 212 Å². The highest BCUT2D eigenvalue weighted by Gasteiger charge is 2.17. The van der Waals surface area contributed by atoms with E-state index in [2.05, 4.69) is 187 Å². The minimum absolute atomic E-state index is 0.883. The summed E-state index contributed by atoms with van der Waals surface area (Å²) in [6.07, 6.45) is 1.92. The number of aliphatic imine (C=N–C) groups is 1. The van der Waals surface area contributed by atoms with Gasteiger partial charge in [-0.3, -0.25) is 4.99 Å². The molecule has 0 spiro atoms. The zero-order chi connectivity index (χ0) is 35.4. The fourth-order valence-electron chi connectivity index (χ4n) is 7.32. The molecule has 0 saturated carbocycles. The lowest BCUT2D eigenvalue weighted by molar-refractivity contribution is 1.48. The molecule has 9 rings (SSSR count). The molecule has 0 saturated heterocycles. The van der Waals surface area contributed by atoms with Crippen molar-refractivity contribution in [3.63, 3.8) is 0 Å². The molecule has 0 bridgehead atoms. The molecule has 0 amide bonds. The van der Waals surface area contributed by atoms with Crippen LogP contribution in [0.3, 0.4) is 0 Å². The van der Waals surface area contributed by atoms with E-state index in [9.17, 15) is 0 Å². The molecule has 0 unspecified atom stereocenters. The van der Waals surface area contributed by atoms with Crippen molar-refractivity contribution in [1.29, 1.82) is 0 Å². The summed E-state index contributed by atoms with van der Waals surface area (Å²) in [5.41, 5.74) is 13.6. The van der Waals surface area contributed by atoms with Gasteiger partial charge >= 0.3 is 0 Å². The molecule has 0 aliphatic heterocycles. The van der Waals surface area contributed by atoms with E-state index < -0.39 is 0 Å². The van der Waals surface area contributed by atoms with Crippen LogP contribution in [-0.2, 0) is 0 Å². The number of para-hydroxylation sites is 2. The number of nitrogens with zero attached hydrogens (tertiary/aromatic N) is 1. The van der Waals surface area contributed by atoms with E-state index in [1.54, 1.807) is 0 Å². The fraction of sp³-hybridized carbons (Fsp3) is 0. The Bertz CT molecular complexity index is 2700. The van der Waals surface area contributed by atoms with Crippen LogP contribution in [0.15, 0.2) is 211 Å². The Kier molecular flexibility index (Phi) is 8.61. The summed E-state index contributed by atoms with van der Waals surface area (Å²) in [5.74, 6) is 0. The van der Waals surface area contributed by atoms with Crippen LogP contribution in [-0.4, -0.2) is 6.21 Å². The molecule has 53 heavy (non-hydrogen) atoms. The van der Waals surface area contributed by atoms with Crippen molar-refractivity contribution in [3.8, 4) is 44.5 Å². The second-order valence-electron chi connectivity index (χ2n) is 13.3. The highest BCUT2D eigenvalue weighted by molar-refractivity contribution is 6.22. The lowest BCUT2D eigenvalue weighted by Crippen LogP contribution is -1.92. The molecule has 0 aliphatic carbocycles. The van der Waals surface area contributed by atoms with Crippen LogP contribution in [0, 0.1) is 0 Å². The van der Waals surface area contributed by atoms with Gasteiger partial charge in [0.25, 0.3) is 0 Å². The molecule has 9 aromatic carbocycles. The molecule has 0 fully saturated rings. The van der Waals surface area contributed by atoms with E-state index in [-0.39, 0.29) is 0 Å². The first-order valence-corrected chi connectivity index (χ1v) is 18.0. The zero-order valence-corrected chi connectivity index (χ0v) is 29.2. The van der Waals surface area contributed by atoms with Gasteiger partial charge in [-0.05, 0) is 102 Å². The third-order valence-corrected chi connectivity index (χ3v) is 9.92. The van der Waals surface area contributed by atoms with E-state index >= 15 is 0 Å². The van der Waals surface area contributed by atoms with Crippen LogP contribution in [0.25, 0.3) is 66.1 Å². The molecule has 9 aromatic rings. The van der Waals surface area contributed by atoms with Crippen molar-refractivity contribution in [2.24, 2.45) is 4.99 Å². The second-order valence-corrected chi connectivity index (χ2v) is 13.3. The third-order valence-electron chi connectivity index (χ3n) is 9.92. The van der Waals surface area contributed by atoms with Gasteiger partial charge in [-0.15, -0.1) is 0 Å². The maximum Gasteiger partial charge on any atom is 0.0864 e. The molecule has 0 heterocycles. The summed E-state index contributed by atoms with van der Waals surface area (Å²) in [6.45, 7) is 0. The molecule has 1 N–H and O–H groups in total. The van der Waals surface area contributed by atoms with Gasteiger partial charge < -0.3 is 5.32 Å². The number of benzene rings is 9. The van der Waals surface area contributed by atoms with Crippen LogP contribution in [0.2, 0.25) is 0 Å². The highest BCUT2D eigenvalue weighted by atomic mass is 14.9. The van der Waals surface area contributed by atoms with Crippen LogP contribution in [0.1, 0.15) is 5.56 Å². The molecule has 0 radical (unpaired) electrons. The topological polar surface area (TPSA) is 24.4 Å². The number of hydrogen-bond acceptors (Lipinski definition) is 2. The maximum absolute atomic E-state index is 4.87. The van der Waals surface area contributed by atoms with Gasteiger partial charge in [-0.2, -0.15) is 0 Å². The first-order chi connectivity index (χ1) is 26.3. The van der Waals surface area contributed by atoms with E-state index in [0.29, 0.717) is 0 Å². The summed E-state index contributed by atoms with van der Waals surface area (Å²) >= 11 is 0.